The predicted octanol–water partition coefficient (Wildman–Crippen LogP) is -0.507. The van der Waals surface area contributed by atoms with Crippen molar-refractivity contribution in [1.82, 2.24) is 10.2 Å². The molecule has 0 radical (unpaired) electrons. The number of fused-ring (bicyclic) bond motifs is 1. The van der Waals surface area contributed by atoms with Crippen LogP contribution in [0.5, 0.6) is 0 Å². The molecule has 2 amide bonds. The maximum atomic E-state index is 12.1. The Morgan fingerprint density at radius 2 is 2.25 bits per heavy atom. The summed E-state index contributed by atoms with van der Waals surface area (Å²) in [5.41, 5.74) is 0. The maximum Gasteiger partial charge on any atom is 0.246 e. The van der Waals surface area contributed by atoms with Gasteiger partial charge in [-0.15, -0.1) is 0 Å². The minimum Gasteiger partial charge on any atom is -0.391 e. The van der Waals surface area contributed by atoms with Crippen LogP contribution in [0.3, 0.4) is 0 Å². The number of hydrogen-bond acceptors (Lipinski definition) is 3. The van der Waals surface area contributed by atoms with E-state index in [0.717, 1.165) is 6.42 Å². The largest absolute Gasteiger partial charge is 0.391 e. The monoisotopic (exact) mass is 226 g/mol. The summed E-state index contributed by atoms with van der Waals surface area (Å²) >= 11 is 0. The third-order valence-electron chi connectivity index (χ3n) is 3.64. The van der Waals surface area contributed by atoms with E-state index >= 15 is 0 Å². The highest BCUT2D eigenvalue weighted by Gasteiger charge is 2.46. The van der Waals surface area contributed by atoms with E-state index in [0.29, 0.717) is 13.0 Å². The molecular formula is C11H18N2O3. The van der Waals surface area contributed by atoms with Crippen molar-refractivity contribution >= 4 is 11.8 Å². The van der Waals surface area contributed by atoms with Crippen LogP contribution in [0.4, 0.5) is 0 Å². The molecular weight excluding hydrogens is 208 g/mol. The Morgan fingerprint density at radius 3 is 2.88 bits per heavy atom. The first-order valence-electron chi connectivity index (χ1n) is 5.83. The Labute approximate surface area is 94.8 Å². The molecule has 0 aromatic heterocycles. The minimum atomic E-state index is -0.560. The summed E-state index contributed by atoms with van der Waals surface area (Å²) in [5, 5.41) is 12.3. The summed E-state index contributed by atoms with van der Waals surface area (Å²) in [4.78, 5) is 25.4. The van der Waals surface area contributed by atoms with Crippen molar-refractivity contribution in [3.05, 3.63) is 0 Å². The van der Waals surface area contributed by atoms with Crippen LogP contribution in [-0.2, 0) is 9.59 Å². The average Bonchev–Trinajstić information content (AvgIpc) is 2.65. The van der Waals surface area contributed by atoms with Gasteiger partial charge in [-0.05, 0) is 5.92 Å². The van der Waals surface area contributed by atoms with Gasteiger partial charge in [-0.3, -0.25) is 9.59 Å². The predicted molar refractivity (Wildman–Crippen MR) is 57.5 cm³/mol. The van der Waals surface area contributed by atoms with Crippen molar-refractivity contribution in [3.63, 3.8) is 0 Å². The number of carbonyl (C=O) groups is 2. The normalized spacial score (nSPS) is 35.9. The van der Waals surface area contributed by atoms with Gasteiger partial charge in [0.2, 0.25) is 11.8 Å². The van der Waals surface area contributed by atoms with E-state index in [4.69, 9.17) is 0 Å². The Kier molecular flexibility index (Phi) is 2.88. The molecule has 2 rings (SSSR count). The summed E-state index contributed by atoms with van der Waals surface area (Å²) in [5.74, 6) is -0.0351. The Morgan fingerprint density at radius 1 is 1.56 bits per heavy atom. The van der Waals surface area contributed by atoms with E-state index < -0.39 is 18.2 Å². The molecule has 2 aliphatic heterocycles. The average molecular weight is 226 g/mol. The van der Waals surface area contributed by atoms with Gasteiger partial charge < -0.3 is 15.3 Å². The van der Waals surface area contributed by atoms with Crippen LogP contribution >= 0.6 is 0 Å². The van der Waals surface area contributed by atoms with Crippen LogP contribution in [-0.4, -0.2) is 46.6 Å². The zero-order chi connectivity index (χ0) is 11.9. The number of piperazine rings is 1. The lowest BCUT2D eigenvalue weighted by atomic mass is 9.95. The van der Waals surface area contributed by atoms with Crippen molar-refractivity contribution in [1.29, 1.82) is 0 Å². The number of nitrogens with one attached hydrogen (secondary N) is 1. The van der Waals surface area contributed by atoms with Gasteiger partial charge in [0.25, 0.3) is 0 Å². The second kappa shape index (κ2) is 4.05. The molecule has 4 unspecified atom stereocenters. The number of aliphatic hydroxyl groups is 1. The first-order valence-corrected chi connectivity index (χ1v) is 5.83. The molecule has 0 aromatic carbocycles. The second-order valence-corrected chi connectivity index (χ2v) is 4.77. The number of nitrogens with zero attached hydrogens (tertiary/aromatic N) is 1. The van der Waals surface area contributed by atoms with Gasteiger partial charge in [-0.25, -0.2) is 0 Å². The fourth-order valence-electron chi connectivity index (χ4n) is 2.42. The zero-order valence-electron chi connectivity index (χ0n) is 9.64. The molecule has 5 heteroatoms. The molecule has 0 bridgehead atoms. The van der Waals surface area contributed by atoms with Crippen molar-refractivity contribution in [2.45, 2.75) is 44.9 Å². The van der Waals surface area contributed by atoms with Gasteiger partial charge >= 0.3 is 0 Å². The van der Waals surface area contributed by atoms with E-state index in [9.17, 15) is 14.7 Å². The van der Waals surface area contributed by atoms with Crippen LogP contribution in [0.1, 0.15) is 26.7 Å². The van der Waals surface area contributed by atoms with Crippen molar-refractivity contribution in [2.75, 3.05) is 6.54 Å². The minimum absolute atomic E-state index is 0.0458. The highest BCUT2D eigenvalue weighted by molar-refractivity contribution is 5.97. The topological polar surface area (TPSA) is 69.6 Å². The van der Waals surface area contributed by atoms with E-state index in [1.807, 2.05) is 13.8 Å². The lowest BCUT2D eigenvalue weighted by molar-refractivity contribution is -0.148. The van der Waals surface area contributed by atoms with Gasteiger partial charge in [-0.2, -0.15) is 0 Å². The molecule has 2 fully saturated rings. The van der Waals surface area contributed by atoms with Crippen molar-refractivity contribution in [2.24, 2.45) is 5.92 Å². The van der Waals surface area contributed by atoms with Crippen molar-refractivity contribution < 1.29 is 14.7 Å². The Balaban J connectivity index is 2.18. The lowest BCUT2D eigenvalue weighted by Crippen LogP contribution is -2.62. The molecule has 2 aliphatic rings. The number of rotatable bonds is 2. The first kappa shape index (κ1) is 11.4. The van der Waals surface area contributed by atoms with Crippen molar-refractivity contribution in [3.8, 4) is 0 Å². The quantitative estimate of drug-likeness (QED) is 0.666. The van der Waals surface area contributed by atoms with E-state index in [-0.39, 0.29) is 17.7 Å². The lowest BCUT2D eigenvalue weighted by Gasteiger charge is -2.36. The molecule has 5 nitrogen and oxygen atoms in total. The third kappa shape index (κ3) is 1.69. The molecule has 0 saturated carbocycles. The zero-order valence-corrected chi connectivity index (χ0v) is 9.64. The van der Waals surface area contributed by atoms with E-state index in [1.54, 1.807) is 0 Å². The third-order valence-corrected chi connectivity index (χ3v) is 3.64. The molecule has 4 atom stereocenters. The van der Waals surface area contributed by atoms with Crippen LogP contribution in [0.15, 0.2) is 0 Å². The van der Waals surface area contributed by atoms with Gasteiger partial charge in [0.15, 0.2) is 0 Å². The summed E-state index contributed by atoms with van der Waals surface area (Å²) in [6.07, 6.45) is 0.651. The summed E-state index contributed by atoms with van der Waals surface area (Å²) in [6.45, 7) is 4.24. The van der Waals surface area contributed by atoms with E-state index in [2.05, 4.69) is 5.32 Å². The standard InChI is InChI=1S/C11H18N2O3/c1-3-6(2)9-11(16)13-5-7(14)4-8(13)10(15)12-9/h6-9,14H,3-5H2,1-2H3,(H,12,15). The van der Waals surface area contributed by atoms with Crippen LogP contribution in [0.25, 0.3) is 0 Å². The van der Waals surface area contributed by atoms with Gasteiger partial charge in [0.1, 0.15) is 12.1 Å². The molecule has 2 saturated heterocycles. The van der Waals surface area contributed by atoms with Gasteiger partial charge in [0.05, 0.1) is 6.10 Å². The molecule has 16 heavy (non-hydrogen) atoms. The number of aliphatic hydroxyl groups excluding tert-OH is 1. The highest BCUT2D eigenvalue weighted by Crippen LogP contribution is 2.25. The van der Waals surface area contributed by atoms with Crippen LogP contribution in [0, 0.1) is 5.92 Å². The van der Waals surface area contributed by atoms with Crippen LogP contribution < -0.4 is 5.32 Å². The molecule has 0 aliphatic carbocycles. The summed E-state index contributed by atoms with van der Waals surface area (Å²) in [7, 11) is 0. The van der Waals surface area contributed by atoms with Gasteiger partial charge in [0, 0.05) is 13.0 Å². The molecule has 2 N–H and O–H groups in total. The number of amides is 2. The molecule has 2 heterocycles. The molecule has 90 valence electrons. The fourth-order valence-corrected chi connectivity index (χ4v) is 2.42. The number of carbonyl (C=O) groups excluding carboxylic acids is 2. The Bertz CT molecular complexity index is 314. The fraction of sp³-hybridized carbons (Fsp3) is 0.818. The SMILES string of the molecule is CCC(C)C1NC(=O)C2CC(O)CN2C1=O. The molecule has 0 aromatic rings. The summed E-state index contributed by atoms with van der Waals surface area (Å²) < 4.78 is 0. The smallest absolute Gasteiger partial charge is 0.246 e. The van der Waals surface area contributed by atoms with E-state index in [1.165, 1.54) is 4.90 Å². The Hall–Kier alpha value is -1.10. The first-order chi connectivity index (χ1) is 7.54. The van der Waals surface area contributed by atoms with Crippen LogP contribution in [0.2, 0.25) is 0 Å². The highest BCUT2D eigenvalue weighted by atomic mass is 16.3. The maximum absolute atomic E-state index is 12.1. The number of hydrogen-bond donors (Lipinski definition) is 2. The second-order valence-electron chi connectivity index (χ2n) is 4.77. The molecule has 0 spiro atoms. The summed E-state index contributed by atoms with van der Waals surface area (Å²) in [6, 6.07) is -0.873. The van der Waals surface area contributed by atoms with Gasteiger partial charge in [-0.1, -0.05) is 20.3 Å².